The third-order valence-corrected chi connectivity index (χ3v) is 4.77. The molecule has 0 aliphatic carbocycles. The van der Waals surface area contributed by atoms with Crippen LogP contribution in [0.25, 0.3) is 6.08 Å². The van der Waals surface area contributed by atoms with E-state index in [0.29, 0.717) is 29.4 Å². The SMILES string of the molecule is CCOc1ccc(NC(=O)/C(C#N)=C/c2ccc(OCC(=O)Nc3ccccc3C)cc2)cc1. The fourth-order valence-corrected chi connectivity index (χ4v) is 3.02. The predicted octanol–water partition coefficient (Wildman–Crippen LogP) is 4.96. The minimum Gasteiger partial charge on any atom is -0.494 e. The maximum atomic E-state index is 12.5. The van der Waals surface area contributed by atoms with E-state index in [0.717, 1.165) is 11.3 Å². The van der Waals surface area contributed by atoms with Gasteiger partial charge in [-0.25, -0.2) is 0 Å². The molecule has 0 heterocycles. The van der Waals surface area contributed by atoms with Crippen molar-refractivity contribution in [3.8, 4) is 17.6 Å². The Morgan fingerprint density at radius 2 is 1.56 bits per heavy atom. The monoisotopic (exact) mass is 455 g/mol. The number of rotatable bonds is 9. The van der Waals surface area contributed by atoms with Gasteiger partial charge in [-0.3, -0.25) is 9.59 Å². The van der Waals surface area contributed by atoms with Crippen LogP contribution in [0.2, 0.25) is 0 Å². The first-order valence-corrected chi connectivity index (χ1v) is 10.7. The summed E-state index contributed by atoms with van der Waals surface area (Å²) in [5.74, 6) is 0.414. The molecule has 0 atom stereocenters. The van der Waals surface area contributed by atoms with Crippen molar-refractivity contribution in [3.63, 3.8) is 0 Å². The summed E-state index contributed by atoms with van der Waals surface area (Å²) in [6.45, 7) is 4.22. The summed E-state index contributed by atoms with van der Waals surface area (Å²) < 4.78 is 10.9. The van der Waals surface area contributed by atoms with Gasteiger partial charge in [0.1, 0.15) is 23.1 Å². The van der Waals surface area contributed by atoms with Gasteiger partial charge >= 0.3 is 0 Å². The first-order valence-electron chi connectivity index (χ1n) is 10.7. The Morgan fingerprint density at radius 1 is 0.912 bits per heavy atom. The Kier molecular flexibility index (Phi) is 8.42. The quantitative estimate of drug-likeness (QED) is 0.351. The van der Waals surface area contributed by atoms with Crippen molar-refractivity contribution in [1.29, 1.82) is 5.26 Å². The Bertz CT molecular complexity index is 1210. The second kappa shape index (κ2) is 11.9. The molecule has 3 aromatic carbocycles. The third kappa shape index (κ3) is 6.97. The minimum atomic E-state index is -0.514. The van der Waals surface area contributed by atoms with E-state index in [1.807, 2.05) is 44.2 Å². The molecule has 172 valence electrons. The predicted molar refractivity (Wildman–Crippen MR) is 132 cm³/mol. The number of carbonyl (C=O) groups is 2. The Morgan fingerprint density at radius 3 is 2.21 bits per heavy atom. The molecule has 2 N–H and O–H groups in total. The van der Waals surface area contributed by atoms with Gasteiger partial charge in [-0.1, -0.05) is 30.3 Å². The van der Waals surface area contributed by atoms with Crippen molar-refractivity contribution in [2.45, 2.75) is 13.8 Å². The van der Waals surface area contributed by atoms with Crippen LogP contribution >= 0.6 is 0 Å². The van der Waals surface area contributed by atoms with Crippen LogP contribution in [-0.4, -0.2) is 25.0 Å². The Labute approximate surface area is 198 Å². The molecule has 0 aliphatic heterocycles. The zero-order chi connectivity index (χ0) is 24.3. The molecule has 0 saturated carbocycles. The molecule has 0 aromatic heterocycles. The first kappa shape index (κ1) is 24.1. The summed E-state index contributed by atoms with van der Waals surface area (Å²) in [5.41, 5.74) is 2.87. The summed E-state index contributed by atoms with van der Waals surface area (Å²) >= 11 is 0. The number of para-hydroxylation sites is 1. The number of carbonyl (C=O) groups excluding carboxylic acids is 2. The number of ether oxygens (including phenoxy) is 2. The largest absolute Gasteiger partial charge is 0.494 e. The number of nitrogens with zero attached hydrogens (tertiary/aromatic N) is 1. The summed E-state index contributed by atoms with van der Waals surface area (Å²) in [6.07, 6.45) is 1.48. The van der Waals surface area contributed by atoms with Crippen LogP contribution in [-0.2, 0) is 9.59 Å². The van der Waals surface area contributed by atoms with Crippen molar-refractivity contribution in [2.24, 2.45) is 0 Å². The van der Waals surface area contributed by atoms with Crippen LogP contribution in [0.15, 0.2) is 78.4 Å². The van der Waals surface area contributed by atoms with E-state index in [-0.39, 0.29) is 18.1 Å². The highest BCUT2D eigenvalue weighted by Gasteiger charge is 2.10. The first-order chi connectivity index (χ1) is 16.5. The van der Waals surface area contributed by atoms with E-state index in [9.17, 15) is 14.9 Å². The summed E-state index contributed by atoms with van der Waals surface area (Å²) in [7, 11) is 0. The second-order valence-corrected chi connectivity index (χ2v) is 7.30. The summed E-state index contributed by atoms with van der Waals surface area (Å²) in [4.78, 5) is 24.6. The van der Waals surface area contributed by atoms with Gasteiger partial charge in [0, 0.05) is 11.4 Å². The maximum Gasteiger partial charge on any atom is 0.266 e. The van der Waals surface area contributed by atoms with Crippen LogP contribution in [0.3, 0.4) is 0 Å². The molecule has 34 heavy (non-hydrogen) atoms. The number of nitriles is 1. The molecule has 0 bridgehead atoms. The normalized spacial score (nSPS) is 10.7. The molecule has 7 heteroatoms. The second-order valence-electron chi connectivity index (χ2n) is 7.30. The molecular formula is C27H25N3O4. The van der Waals surface area contributed by atoms with Gasteiger partial charge < -0.3 is 20.1 Å². The lowest BCUT2D eigenvalue weighted by Gasteiger charge is -2.09. The molecule has 0 radical (unpaired) electrons. The van der Waals surface area contributed by atoms with E-state index in [4.69, 9.17) is 9.47 Å². The average Bonchev–Trinajstić information content (AvgIpc) is 2.84. The van der Waals surface area contributed by atoms with Crippen LogP contribution in [0.4, 0.5) is 11.4 Å². The summed E-state index contributed by atoms with van der Waals surface area (Å²) in [6, 6.07) is 23.1. The lowest BCUT2D eigenvalue weighted by Crippen LogP contribution is -2.20. The van der Waals surface area contributed by atoms with Crippen LogP contribution in [0, 0.1) is 18.3 Å². The molecule has 0 saturated heterocycles. The number of anilines is 2. The van der Waals surface area contributed by atoms with Crippen LogP contribution < -0.4 is 20.1 Å². The molecule has 0 spiro atoms. The van der Waals surface area contributed by atoms with Crippen LogP contribution in [0.5, 0.6) is 11.5 Å². The van der Waals surface area contributed by atoms with E-state index in [1.54, 1.807) is 48.5 Å². The van der Waals surface area contributed by atoms with Gasteiger partial charge in [0.05, 0.1) is 6.61 Å². The highest BCUT2D eigenvalue weighted by Crippen LogP contribution is 2.18. The maximum absolute atomic E-state index is 12.5. The Balaban J connectivity index is 1.56. The van der Waals surface area contributed by atoms with E-state index in [2.05, 4.69) is 10.6 Å². The van der Waals surface area contributed by atoms with Gasteiger partial charge in [0.15, 0.2) is 6.61 Å². The molecule has 0 unspecified atom stereocenters. The van der Waals surface area contributed by atoms with Gasteiger partial charge in [-0.15, -0.1) is 0 Å². The lowest BCUT2D eigenvalue weighted by molar-refractivity contribution is -0.118. The summed E-state index contributed by atoms with van der Waals surface area (Å²) in [5, 5.41) is 14.9. The van der Waals surface area contributed by atoms with E-state index < -0.39 is 5.91 Å². The number of aryl methyl sites for hydroxylation is 1. The lowest BCUT2D eigenvalue weighted by atomic mass is 10.1. The van der Waals surface area contributed by atoms with Gasteiger partial charge in [-0.05, 0) is 73.5 Å². The molecule has 3 aromatic rings. The molecule has 3 rings (SSSR count). The highest BCUT2D eigenvalue weighted by molar-refractivity contribution is 6.09. The molecular weight excluding hydrogens is 430 g/mol. The Hall–Kier alpha value is -4.57. The fourth-order valence-electron chi connectivity index (χ4n) is 3.02. The van der Waals surface area contributed by atoms with Crippen molar-refractivity contribution in [2.75, 3.05) is 23.8 Å². The molecule has 0 fully saturated rings. The average molecular weight is 456 g/mol. The smallest absolute Gasteiger partial charge is 0.266 e. The standard InChI is InChI=1S/C27H25N3O4/c1-3-33-23-14-10-22(11-15-23)29-27(32)21(17-28)16-20-8-12-24(13-9-20)34-18-26(31)30-25-7-5-4-6-19(25)2/h4-16H,3,18H2,1-2H3,(H,29,32)(H,30,31)/b21-16+. The number of hydrogen-bond donors (Lipinski definition) is 2. The number of nitrogens with one attached hydrogen (secondary N) is 2. The van der Waals surface area contributed by atoms with E-state index in [1.165, 1.54) is 6.08 Å². The zero-order valence-electron chi connectivity index (χ0n) is 19.0. The van der Waals surface area contributed by atoms with Crippen molar-refractivity contribution in [1.82, 2.24) is 0 Å². The zero-order valence-corrected chi connectivity index (χ0v) is 19.0. The molecule has 2 amide bonds. The highest BCUT2D eigenvalue weighted by atomic mass is 16.5. The van der Waals surface area contributed by atoms with Gasteiger partial charge in [0.25, 0.3) is 11.8 Å². The number of hydrogen-bond acceptors (Lipinski definition) is 5. The van der Waals surface area contributed by atoms with Crippen molar-refractivity contribution < 1.29 is 19.1 Å². The topological polar surface area (TPSA) is 100 Å². The molecule has 0 aliphatic rings. The molecule has 7 nitrogen and oxygen atoms in total. The van der Waals surface area contributed by atoms with E-state index >= 15 is 0 Å². The number of benzene rings is 3. The van der Waals surface area contributed by atoms with Crippen LogP contribution in [0.1, 0.15) is 18.1 Å². The minimum absolute atomic E-state index is 0.0415. The van der Waals surface area contributed by atoms with Crippen molar-refractivity contribution >= 4 is 29.3 Å². The number of amides is 2. The van der Waals surface area contributed by atoms with Gasteiger partial charge in [-0.2, -0.15) is 5.26 Å². The third-order valence-electron chi connectivity index (χ3n) is 4.77. The fraction of sp³-hybridized carbons (Fsp3) is 0.148. The van der Waals surface area contributed by atoms with Gasteiger partial charge in [0.2, 0.25) is 0 Å². The van der Waals surface area contributed by atoms with Crippen molar-refractivity contribution in [3.05, 3.63) is 89.5 Å².